The molecular weight excluding hydrogens is 282 g/mol. The second kappa shape index (κ2) is 7.36. The Hall–Kier alpha value is -1.23. The Morgan fingerprint density at radius 2 is 1.59 bits per heavy atom. The van der Waals surface area contributed by atoms with Crippen molar-refractivity contribution in [3.8, 4) is 0 Å². The van der Waals surface area contributed by atoms with E-state index in [-0.39, 0.29) is 48.0 Å². The summed E-state index contributed by atoms with van der Waals surface area (Å²) in [6.07, 6.45) is 2.84. The maximum atomic E-state index is 11.9. The number of nitrogens with zero attached hydrogens (tertiary/aromatic N) is 1. The Kier molecular flexibility index (Phi) is 6.29. The van der Waals surface area contributed by atoms with Crippen molar-refractivity contribution < 1.29 is 19.1 Å². The molecule has 1 fully saturated rings. The molecule has 5 nitrogen and oxygen atoms in total. The maximum absolute atomic E-state index is 11.9. The molecular formula is C17H29NO4. The second-order valence-electron chi connectivity index (χ2n) is 7.79. The monoisotopic (exact) mass is 311 g/mol. The van der Waals surface area contributed by atoms with Gasteiger partial charge in [0.2, 0.25) is 17.7 Å². The van der Waals surface area contributed by atoms with E-state index in [1.54, 1.807) is 0 Å². The van der Waals surface area contributed by atoms with Gasteiger partial charge < -0.3 is 4.74 Å². The van der Waals surface area contributed by atoms with Crippen molar-refractivity contribution in [1.29, 1.82) is 0 Å². The Morgan fingerprint density at radius 1 is 1.05 bits per heavy atom. The van der Waals surface area contributed by atoms with Crippen molar-refractivity contribution in [2.45, 2.75) is 78.7 Å². The summed E-state index contributed by atoms with van der Waals surface area (Å²) in [4.78, 5) is 35.7. The Labute approximate surface area is 133 Å². The summed E-state index contributed by atoms with van der Waals surface area (Å²) < 4.78 is 5.90. The third-order valence-electron chi connectivity index (χ3n) is 3.82. The summed E-state index contributed by atoms with van der Waals surface area (Å²) >= 11 is 0. The van der Waals surface area contributed by atoms with Crippen molar-refractivity contribution in [2.24, 2.45) is 5.41 Å². The first-order valence-electron chi connectivity index (χ1n) is 8.04. The van der Waals surface area contributed by atoms with E-state index in [1.807, 2.05) is 13.8 Å². The molecule has 1 heterocycles. The van der Waals surface area contributed by atoms with Gasteiger partial charge in [0.25, 0.3) is 0 Å². The average molecular weight is 311 g/mol. The molecule has 0 atom stereocenters. The first-order valence-corrected chi connectivity index (χ1v) is 8.04. The van der Waals surface area contributed by atoms with Gasteiger partial charge in [-0.2, -0.15) is 0 Å². The van der Waals surface area contributed by atoms with E-state index in [4.69, 9.17) is 4.74 Å². The highest BCUT2D eigenvalue weighted by Crippen LogP contribution is 2.23. The molecule has 0 aliphatic carbocycles. The van der Waals surface area contributed by atoms with Crippen LogP contribution in [0.3, 0.4) is 0 Å². The van der Waals surface area contributed by atoms with Crippen LogP contribution in [0, 0.1) is 5.41 Å². The average Bonchev–Trinajstić information content (AvgIpc) is 2.66. The van der Waals surface area contributed by atoms with Crippen LogP contribution in [0.2, 0.25) is 0 Å². The fourth-order valence-corrected chi connectivity index (χ4v) is 2.34. The van der Waals surface area contributed by atoms with E-state index in [0.717, 1.165) is 17.7 Å². The molecule has 0 aromatic rings. The number of carbonyl (C=O) groups is 3. The normalized spacial score (nSPS) is 16.5. The molecule has 1 saturated heterocycles. The van der Waals surface area contributed by atoms with Gasteiger partial charge in [0.05, 0.1) is 5.60 Å². The van der Waals surface area contributed by atoms with Crippen LogP contribution in [0.4, 0.5) is 0 Å². The van der Waals surface area contributed by atoms with Gasteiger partial charge in [0.15, 0.2) is 0 Å². The number of hydrogen-bond donors (Lipinski definition) is 0. The zero-order valence-electron chi connectivity index (χ0n) is 14.5. The molecule has 0 unspecified atom stereocenters. The molecule has 0 radical (unpaired) electrons. The van der Waals surface area contributed by atoms with Gasteiger partial charge in [0.1, 0.15) is 0 Å². The number of hydrogen-bond acceptors (Lipinski definition) is 4. The fraction of sp³-hybridized carbons (Fsp3) is 0.824. The van der Waals surface area contributed by atoms with Gasteiger partial charge in [-0.05, 0) is 38.5 Å². The zero-order chi connectivity index (χ0) is 17.0. The van der Waals surface area contributed by atoms with Crippen molar-refractivity contribution in [3.63, 3.8) is 0 Å². The van der Waals surface area contributed by atoms with Gasteiger partial charge in [-0.25, -0.2) is 4.90 Å². The van der Waals surface area contributed by atoms with Crippen LogP contribution in [0.5, 0.6) is 0 Å². The SMILES string of the molecule is CC(C)(C)CCOC(C)(C)CCCC(=O)N1C(=O)CCC1=O. The third kappa shape index (κ3) is 6.26. The number of ether oxygens (including phenoxy) is 1. The van der Waals surface area contributed by atoms with E-state index in [2.05, 4.69) is 20.8 Å². The van der Waals surface area contributed by atoms with E-state index in [1.165, 1.54) is 0 Å². The number of imide groups is 3. The summed E-state index contributed by atoms with van der Waals surface area (Å²) in [5.74, 6) is -1.11. The van der Waals surface area contributed by atoms with E-state index >= 15 is 0 Å². The fourth-order valence-electron chi connectivity index (χ4n) is 2.34. The lowest BCUT2D eigenvalue weighted by atomic mass is 9.92. The molecule has 0 aromatic carbocycles. The molecule has 22 heavy (non-hydrogen) atoms. The zero-order valence-corrected chi connectivity index (χ0v) is 14.5. The van der Waals surface area contributed by atoms with Gasteiger partial charge in [-0.1, -0.05) is 20.8 Å². The Bertz CT molecular complexity index is 418. The van der Waals surface area contributed by atoms with Gasteiger partial charge in [0, 0.05) is 25.9 Å². The summed E-state index contributed by atoms with van der Waals surface area (Å²) in [5.41, 5.74) is -0.0624. The lowest BCUT2D eigenvalue weighted by Crippen LogP contribution is -2.35. The summed E-state index contributed by atoms with van der Waals surface area (Å²) in [6.45, 7) is 11.2. The van der Waals surface area contributed by atoms with Crippen LogP contribution in [0.15, 0.2) is 0 Å². The molecule has 1 rings (SSSR count). The van der Waals surface area contributed by atoms with Crippen LogP contribution in [-0.2, 0) is 19.1 Å². The quantitative estimate of drug-likeness (QED) is 0.678. The van der Waals surface area contributed by atoms with E-state index < -0.39 is 0 Å². The van der Waals surface area contributed by atoms with E-state index in [0.29, 0.717) is 13.0 Å². The van der Waals surface area contributed by atoms with Gasteiger partial charge in [-0.3, -0.25) is 14.4 Å². The standard InChI is InChI=1S/C17H29NO4/c1-16(2,3)11-12-22-17(4,5)10-6-7-13(19)18-14(20)8-9-15(18)21/h6-12H2,1-5H3. The lowest BCUT2D eigenvalue weighted by molar-refractivity contribution is -0.149. The molecule has 0 aromatic heterocycles. The van der Waals surface area contributed by atoms with Crippen molar-refractivity contribution in [3.05, 3.63) is 0 Å². The minimum Gasteiger partial charge on any atom is -0.376 e. The molecule has 3 amide bonds. The van der Waals surface area contributed by atoms with Crippen LogP contribution >= 0.6 is 0 Å². The summed E-state index contributed by atoms with van der Waals surface area (Å²) in [7, 11) is 0. The van der Waals surface area contributed by atoms with Crippen molar-refractivity contribution in [2.75, 3.05) is 6.61 Å². The number of carbonyl (C=O) groups excluding carboxylic acids is 3. The molecule has 5 heteroatoms. The van der Waals surface area contributed by atoms with E-state index in [9.17, 15) is 14.4 Å². The molecule has 1 aliphatic heterocycles. The topological polar surface area (TPSA) is 63.7 Å². The summed E-state index contributed by atoms with van der Waals surface area (Å²) in [6, 6.07) is 0. The molecule has 126 valence electrons. The largest absolute Gasteiger partial charge is 0.376 e. The number of likely N-dealkylation sites (tertiary alicyclic amines) is 1. The maximum Gasteiger partial charge on any atom is 0.236 e. The van der Waals surface area contributed by atoms with Crippen LogP contribution in [-0.4, -0.2) is 34.8 Å². The first kappa shape index (κ1) is 18.8. The lowest BCUT2D eigenvalue weighted by Gasteiger charge is -2.28. The van der Waals surface area contributed by atoms with Crippen molar-refractivity contribution in [1.82, 2.24) is 4.90 Å². The second-order valence-corrected chi connectivity index (χ2v) is 7.79. The Balaban J connectivity index is 2.31. The highest BCUT2D eigenvalue weighted by atomic mass is 16.5. The van der Waals surface area contributed by atoms with Crippen LogP contribution in [0.1, 0.15) is 73.1 Å². The Morgan fingerprint density at radius 3 is 2.09 bits per heavy atom. The first-order chi connectivity index (χ1) is 10.0. The number of rotatable bonds is 7. The highest BCUT2D eigenvalue weighted by molar-refractivity contribution is 6.14. The molecule has 1 aliphatic rings. The minimum atomic E-state index is -0.377. The predicted molar refractivity (Wildman–Crippen MR) is 84.0 cm³/mol. The van der Waals surface area contributed by atoms with Gasteiger partial charge >= 0.3 is 0 Å². The van der Waals surface area contributed by atoms with Gasteiger partial charge in [-0.15, -0.1) is 0 Å². The molecule has 0 N–H and O–H groups in total. The van der Waals surface area contributed by atoms with Crippen LogP contribution < -0.4 is 0 Å². The van der Waals surface area contributed by atoms with Crippen molar-refractivity contribution >= 4 is 17.7 Å². The minimum absolute atomic E-state index is 0.159. The smallest absolute Gasteiger partial charge is 0.236 e. The third-order valence-corrected chi connectivity index (χ3v) is 3.82. The molecule has 0 saturated carbocycles. The molecule has 0 spiro atoms. The highest BCUT2D eigenvalue weighted by Gasteiger charge is 2.34. The van der Waals surface area contributed by atoms with Crippen LogP contribution in [0.25, 0.3) is 0 Å². The summed E-state index contributed by atoms with van der Waals surface area (Å²) in [5, 5.41) is 0. The predicted octanol–water partition coefficient (Wildman–Crippen LogP) is 3.06. The number of amides is 3. The molecule has 0 bridgehead atoms.